The number of rotatable bonds is 4. The molecule has 1 saturated heterocycles. The van der Waals surface area contributed by atoms with Gasteiger partial charge in [0.25, 0.3) is 0 Å². The molecule has 4 rings (SSSR count). The number of hydrogen-bond acceptors (Lipinski definition) is 1. The maximum atomic E-state index is 6.53. The summed E-state index contributed by atoms with van der Waals surface area (Å²) < 4.78 is 6.53. The first kappa shape index (κ1) is 16.1. The Kier molecular flexibility index (Phi) is 4.94. The van der Waals surface area contributed by atoms with Crippen LogP contribution in [0.1, 0.15) is 41.7 Å². The molecular weight excluding hydrogens is 304 g/mol. The highest BCUT2D eigenvalue weighted by Gasteiger charge is 2.31. The van der Waals surface area contributed by atoms with Crippen LogP contribution in [0.25, 0.3) is 0 Å². The predicted molar refractivity (Wildman–Crippen MR) is 102 cm³/mol. The van der Waals surface area contributed by atoms with Crippen molar-refractivity contribution in [1.29, 1.82) is 0 Å². The summed E-state index contributed by atoms with van der Waals surface area (Å²) in [5.74, 6) is 0.631. The molecule has 0 aromatic heterocycles. The Bertz CT molecular complexity index is 719. The molecule has 2 unspecified atom stereocenters. The highest BCUT2D eigenvalue weighted by Crippen LogP contribution is 2.42. The molecule has 0 radical (unpaired) electrons. The van der Waals surface area contributed by atoms with E-state index in [1.807, 2.05) is 0 Å². The van der Waals surface area contributed by atoms with Gasteiger partial charge in [-0.2, -0.15) is 0 Å². The minimum Gasteiger partial charge on any atom is -0.366 e. The van der Waals surface area contributed by atoms with Gasteiger partial charge in [-0.05, 0) is 41.9 Å². The highest BCUT2D eigenvalue weighted by molar-refractivity contribution is 5.23. The van der Waals surface area contributed by atoms with Gasteiger partial charge >= 0.3 is 0 Å². The normalized spacial score (nSPS) is 23.3. The standard InChI is InChI=1S/C24H24O/c1-4-10-19(11-5-1)16-20-17-23(21-12-6-2-7-13-21)25-24(18-20)22-14-8-3-9-15-22/h1-15,20,23-24H,16-18H2. The van der Waals surface area contributed by atoms with Crippen molar-refractivity contribution >= 4 is 0 Å². The lowest BCUT2D eigenvalue weighted by atomic mass is 9.83. The van der Waals surface area contributed by atoms with Gasteiger partial charge in [-0.1, -0.05) is 91.0 Å². The van der Waals surface area contributed by atoms with Gasteiger partial charge in [0.15, 0.2) is 0 Å². The molecule has 0 aliphatic carbocycles. The first-order chi connectivity index (χ1) is 12.4. The molecule has 126 valence electrons. The number of hydrogen-bond donors (Lipinski definition) is 0. The monoisotopic (exact) mass is 328 g/mol. The van der Waals surface area contributed by atoms with E-state index in [1.165, 1.54) is 16.7 Å². The topological polar surface area (TPSA) is 9.23 Å². The van der Waals surface area contributed by atoms with E-state index in [4.69, 9.17) is 4.74 Å². The summed E-state index contributed by atoms with van der Waals surface area (Å²) in [5, 5.41) is 0. The summed E-state index contributed by atoms with van der Waals surface area (Å²) in [6, 6.07) is 32.2. The van der Waals surface area contributed by atoms with Crippen LogP contribution in [0.4, 0.5) is 0 Å². The van der Waals surface area contributed by atoms with Crippen LogP contribution in [-0.4, -0.2) is 0 Å². The molecule has 25 heavy (non-hydrogen) atoms. The first-order valence-electron chi connectivity index (χ1n) is 9.18. The van der Waals surface area contributed by atoms with Gasteiger partial charge in [-0.25, -0.2) is 0 Å². The van der Waals surface area contributed by atoms with Crippen molar-refractivity contribution in [3.8, 4) is 0 Å². The van der Waals surface area contributed by atoms with E-state index < -0.39 is 0 Å². The van der Waals surface area contributed by atoms with Gasteiger partial charge in [0.2, 0.25) is 0 Å². The summed E-state index contributed by atoms with van der Waals surface area (Å²) >= 11 is 0. The fourth-order valence-electron chi connectivity index (χ4n) is 3.89. The van der Waals surface area contributed by atoms with Crippen molar-refractivity contribution in [2.75, 3.05) is 0 Å². The van der Waals surface area contributed by atoms with E-state index in [9.17, 15) is 0 Å². The van der Waals surface area contributed by atoms with Gasteiger partial charge in [0, 0.05) is 0 Å². The van der Waals surface area contributed by atoms with Gasteiger partial charge < -0.3 is 4.74 Å². The molecule has 0 saturated carbocycles. The Morgan fingerprint density at radius 2 is 1.04 bits per heavy atom. The number of ether oxygens (including phenoxy) is 1. The minimum atomic E-state index is 0.175. The molecule has 0 bridgehead atoms. The van der Waals surface area contributed by atoms with E-state index in [-0.39, 0.29) is 12.2 Å². The SMILES string of the molecule is c1ccc(CC2CC(c3ccccc3)OC(c3ccccc3)C2)cc1. The molecule has 2 atom stereocenters. The molecule has 0 N–H and O–H groups in total. The van der Waals surface area contributed by atoms with Crippen LogP contribution in [-0.2, 0) is 11.2 Å². The third-order valence-electron chi connectivity index (χ3n) is 5.13. The summed E-state index contributed by atoms with van der Waals surface area (Å²) in [6.07, 6.45) is 3.64. The fraction of sp³-hybridized carbons (Fsp3) is 0.250. The van der Waals surface area contributed by atoms with Crippen LogP contribution >= 0.6 is 0 Å². The lowest BCUT2D eigenvalue weighted by molar-refractivity contribution is -0.0753. The highest BCUT2D eigenvalue weighted by atomic mass is 16.5. The maximum Gasteiger partial charge on any atom is 0.0836 e. The van der Waals surface area contributed by atoms with Crippen molar-refractivity contribution in [3.63, 3.8) is 0 Å². The molecule has 1 fully saturated rings. The lowest BCUT2D eigenvalue weighted by Crippen LogP contribution is -2.24. The van der Waals surface area contributed by atoms with E-state index in [0.717, 1.165) is 19.3 Å². The van der Waals surface area contributed by atoms with Gasteiger partial charge in [0.1, 0.15) is 0 Å². The molecule has 0 amide bonds. The van der Waals surface area contributed by atoms with Crippen LogP contribution in [0.5, 0.6) is 0 Å². The molecule has 1 aliphatic rings. The van der Waals surface area contributed by atoms with Crippen LogP contribution in [0.3, 0.4) is 0 Å². The Morgan fingerprint density at radius 1 is 0.600 bits per heavy atom. The number of benzene rings is 3. The molecular formula is C24H24O. The van der Waals surface area contributed by atoms with Crippen molar-refractivity contribution in [3.05, 3.63) is 108 Å². The summed E-state index contributed by atoms with van der Waals surface area (Å²) in [7, 11) is 0. The molecule has 1 heteroatoms. The van der Waals surface area contributed by atoms with Crippen molar-refractivity contribution in [1.82, 2.24) is 0 Å². The zero-order chi connectivity index (χ0) is 16.9. The van der Waals surface area contributed by atoms with E-state index in [1.54, 1.807) is 0 Å². The second kappa shape index (κ2) is 7.67. The second-order valence-electron chi connectivity index (χ2n) is 6.96. The average molecular weight is 328 g/mol. The van der Waals surface area contributed by atoms with Crippen molar-refractivity contribution < 1.29 is 4.74 Å². The zero-order valence-electron chi connectivity index (χ0n) is 14.4. The van der Waals surface area contributed by atoms with Crippen LogP contribution in [0.2, 0.25) is 0 Å². The average Bonchev–Trinajstić information content (AvgIpc) is 2.70. The van der Waals surface area contributed by atoms with Gasteiger partial charge in [-0.3, -0.25) is 0 Å². The smallest absolute Gasteiger partial charge is 0.0836 e. The minimum absolute atomic E-state index is 0.175. The molecule has 3 aromatic rings. The fourth-order valence-corrected chi connectivity index (χ4v) is 3.89. The summed E-state index contributed by atoms with van der Waals surface area (Å²) in [5.41, 5.74) is 4.01. The third kappa shape index (κ3) is 4.00. The zero-order valence-corrected chi connectivity index (χ0v) is 14.4. The van der Waals surface area contributed by atoms with Crippen LogP contribution < -0.4 is 0 Å². The largest absolute Gasteiger partial charge is 0.366 e. The van der Waals surface area contributed by atoms with E-state index in [0.29, 0.717) is 5.92 Å². The van der Waals surface area contributed by atoms with Gasteiger partial charge in [-0.15, -0.1) is 0 Å². The summed E-state index contributed by atoms with van der Waals surface area (Å²) in [6.45, 7) is 0. The lowest BCUT2D eigenvalue weighted by Gasteiger charge is -2.36. The Labute approximate surface area is 150 Å². The van der Waals surface area contributed by atoms with Crippen molar-refractivity contribution in [2.45, 2.75) is 31.5 Å². The van der Waals surface area contributed by atoms with Crippen LogP contribution in [0, 0.1) is 5.92 Å². The van der Waals surface area contributed by atoms with E-state index in [2.05, 4.69) is 91.0 Å². The maximum absolute atomic E-state index is 6.53. The molecule has 3 aromatic carbocycles. The third-order valence-corrected chi connectivity index (χ3v) is 5.13. The Hall–Kier alpha value is -2.38. The van der Waals surface area contributed by atoms with E-state index >= 15 is 0 Å². The van der Waals surface area contributed by atoms with Crippen LogP contribution in [0.15, 0.2) is 91.0 Å². The molecule has 1 nitrogen and oxygen atoms in total. The first-order valence-corrected chi connectivity index (χ1v) is 9.18. The molecule has 0 spiro atoms. The predicted octanol–water partition coefficient (Wildman–Crippen LogP) is 6.14. The van der Waals surface area contributed by atoms with Gasteiger partial charge in [0.05, 0.1) is 12.2 Å². The summed E-state index contributed by atoms with van der Waals surface area (Å²) in [4.78, 5) is 0. The van der Waals surface area contributed by atoms with Crippen molar-refractivity contribution in [2.24, 2.45) is 5.92 Å². The molecule has 1 aliphatic heterocycles. The quantitative estimate of drug-likeness (QED) is 0.559. The Balaban J connectivity index is 1.58. The molecule has 1 heterocycles. The second-order valence-corrected chi connectivity index (χ2v) is 6.96. The Morgan fingerprint density at radius 3 is 1.52 bits per heavy atom.